The molecule has 0 spiro atoms. The first-order valence-electron chi connectivity index (χ1n) is 6.29. The zero-order chi connectivity index (χ0) is 13.1. The van der Waals surface area contributed by atoms with Gasteiger partial charge in [0.05, 0.1) is 7.11 Å². The number of Topliss-reactive ketones (excluding diaryl/α,β-unsaturated/α-hetero) is 1. The summed E-state index contributed by atoms with van der Waals surface area (Å²) in [4.78, 5) is 24.3. The molecule has 1 fully saturated rings. The van der Waals surface area contributed by atoms with Crippen LogP contribution in [-0.2, 0) is 14.3 Å². The third kappa shape index (κ3) is 2.15. The predicted molar refractivity (Wildman–Crippen MR) is 66.5 cm³/mol. The SMILES string of the molecule is C=C1CCCC[C@@H](CC)[C@@]1(C(C)=O)C(=O)OC. The Balaban J connectivity index is 3.31. The molecule has 0 saturated heterocycles. The average molecular weight is 238 g/mol. The molecular formula is C14H22O3. The monoisotopic (exact) mass is 238 g/mol. The maximum absolute atomic E-state index is 12.2. The van der Waals surface area contributed by atoms with E-state index in [2.05, 4.69) is 6.58 Å². The van der Waals surface area contributed by atoms with E-state index in [0.29, 0.717) is 0 Å². The summed E-state index contributed by atoms with van der Waals surface area (Å²) in [6.07, 6.45) is 4.48. The molecule has 1 saturated carbocycles. The van der Waals surface area contributed by atoms with Crippen molar-refractivity contribution in [3.8, 4) is 0 Å². The first-order chi connectivity index (χ1) is 8.01. The number of esters is 1. The van der Waals surface area contributed by atoms with E-state index in [-0.39, 0.29) is 11.7 Å². The summed E-state index contributed by atoms with van der Waals surface area (Å²) in [5.74, 6) is -0.519. The van der Waals surface area contributed by atoms with Crippen molar-refractivity contribution in [2.75, 3.05) is 7.11 Å². The number of ketones is 1. The fourth-order valence-electron chi connectivity index (χ4n) is 3.09. The summed E-state index contributed by atoms with van der Waals surface area (Å²) in [5, 5.41) is 0. The van der Waals surface area contributed by atoms with Gasteiger partial charge < -0.3 is 4.74 Å². The summed E-state index contributed by atoms with van der Waals surface area (Å²) in [6.45, 7) is 7.49. The molecule has 0 bridgehead atoms. The van der Waals surface area contributed by atoms with E-state index in [1.807, 2.05) is 6.92 Å². The van der Waals surface area contributed by atoms with Crippen molar-refractivity contribution in [3.05, 3.63) is 12.2 Å². The number of hydrogen-bond acceptors (Lipinski definition) is 3. The first-order valence-corrected chi connectivity index (χ1v) is 6.29. The molecule has 1 aliphatic carbocycles. The van der Waals surface area contributed by atoms with Gasteiger partial charge in [0.2, 0.25) is 0 Å². The van der Waals surface area contributed by atoms with Gasteiger partial charge in [0.15, 0.2) is 5.78 Å². The van der Waals surface area contributed by atoms with Crippen LogP contribution in [0.3, 0.4) is 0 Å². The normalized spacial score (nSPS) is 29.6. The van der Waals surface area contributed by atoms with Crippen molar-refractivity contribution in [1.29, 1.82) is 0 Å². The van der Waals surface area contributed by atoms with Crippen molar-refractivity contribution in [2.45, 2.75) is 46.0 Å². The van der Waals surface area contributed by atoms with Gasteiger partial charge >= 0.3 is 5.97 Å². The Morgan fingerprint density at radius 2 is 2.12 bits per heavy atom. The molecule has 0 aromatic carbocycles. The number of hydrogen-bond donors (Lipinski definition) is 0. The zero-order valence-electron chi connectivity index (χ0n) is 11.0. The van der Waals surface area contributed by atoms with Crippen LogP contribution in [0, 0.1) is 11.3 Å². The molecule has 96 valence electrons. The van der Waals surface area contributed by atoms with E-state index < -0.39 is 11.4 Å². The lowest BCUT2D eigenvalue weighted by Gasteiger charge is -2.36. The van der Waals surface area contributed by atoms with Gasteiger partial charge in [-0.15, -0.1) is 0 Å². The van der Waals surface area contributed by atoms with E-state index in [1.165, 1.54) is 14.0 Å². The van der Waals surface area contributed by atoms with Gasteiger partial charge in [-0.05, 0) is 32.1 Å². The van der Waals surface area contributed by atoms with Gasteiger partial charge in [-0.3, -0.25) is 9.59 Å². The van der Waals surface area contributed by atoms with Crippen LogP contribution < -0.4 is 0 Å². The molecule has 3 heteroatoms. The summed E-state index contributed by atoms with van der Waals surface area (Å²) in [7, 11) is 1.35. The van der Waals surface area contributed by atoms with Crippen LogP contribution in [0.4, 0.5) is 0 Å². The Labute approximate surface area is 103 Å². The second-order valence-corrected chi connectivity index (χ2v) is 4.81. The van der Waals surface area contributed by atoms with Gasteiger partial charge in [-0.1, -0.05) is 31.9 Å². The van der Waals surface area contributed by atoms with Crippen LogP contribution in [0.15, 0.2) is 12.2 Å². The maximum atomic E-state index is 12.2. The van der Waals surface area contributed by atoms with E-state index in [4.69, 9.17) is 4.74 Å². The third-order valence-corrected chi connectivity index (χ3v) is 4.01. The van der Waals surface area contributed by atoms with Gasteiger partial charge in [-0.2, -0.15) is 0 Å². The minimum absolute atomic E-state index is 0.0300. The van der Waals surface area contributed by atoms with Crippen molar-refractivity contribution >= 4 is 11.8 Å². The fourth-order valence-corrected chi connectivity index (χ4v) is 3.09. The molecule has 0 aromatic heterocycles. The smallest absolute Gasteiger partial charge is 0.323 e. The second kappa shape index (κ2) is 5.48. The maximum Gasteiger partial charge on any atom is 0.323 e. The highest BCUT2D eigenvalue weighted by Gasteiger charge is 2.52. The molecule has 2 atom stereocenters. The standard InChI is InChI=1S/C14H22O3/c1-5-12-9-7-6-8-10(2)14(12,11(3)15)13(16)17-4/h12H,2,5-9H2,1,3-4H3/t12-,14-/m1/s1. The molecule has 3 nitrogen and oxygen atoms in total. The first kappa shape index (κ1) is 13.9. The Kier molecular flexibility index (Phi) is 4.49. The van der Waals surface area contributed by atoms with Gasteiger partial charge in [0.25, 0.3) is 0 Å². The highest BCUT2D eigenvalue weighted by Crippen LogP contribution is 2.46. The Morgan fingerprint density at radius 1 is 1.47 bits per heavy atom. The molecule has 0 aromatic rings. The van der Waals surface area contributed by atoms with E-state index in [9.17, 15) is 9.59 Å². The highest BCUT2D eigenvalue weighted by molar-refractivity contribution is 6.06. The Morgan fingerprint density at radius 3 is 2.59 bits per heavy atom. The molecule has 0 heterocycles. The van der Waals surface area contributed by atoms with Gasteiger partial charge in [-0.25, -0.2) is 0 Å². The molecular weight excluding hydrogens is 216 g/mol. The number of methoxy groups -OCH3 is 1. The summed E-state index contributed by atoms with van der Waals surface area (Å²) in [5.41, 5.74) is -0.360. The quantitative estimate of drug-likeness (QED) is 0.328. The van der Waals surface area contributed by atoms with E-state index in [1.54, 1.807) is 0 Å². The highest BCUT2D eigenvalue weighted by atomic mass is 16.5. The predicted octanol–water partition coefficient (Wildman–Crippen LogP) is 2.89. The number of rotatable bonds is 3. The van der Waals surface area contributed by atoms with Crippen LogP contribution >= 0.6 is 0 Å². The van der Waals surface area contributed by atoms with Crippen LogP contribution in [0.2, 0.25) is 0 Å². The molecule has 0 radical (unpaired) electrons. The van der Waals surface area contributed by atoms with Crippen LogP contribution in [0.25, 0.3) is 0 Å². The number of ether oxygens (including phenoxy) is 1. The minimum Gasteiger partial charge on any atom is -0.468 e. The average Bonchev–Trinajstić information content (AvgIpc) is 2.47. The van der Waals surface area contributed by atoms with Crippen LogP contribution in [-0.4, -0.2) is 18.9 Å². The van der Waals surface area contributed by atoms with Gasteiger partial charge in [0, 0.05) is 0 Å². The molecule has 1 rings (SSSR count). The van der Waals surface area contributed by atoms with Crippen molar-refractivity contribution in [1.82, 2.24) is 0 Å². The van der Waals surface area contributed by atoms with Crippen LogP contribution in [0.1, 0.15) is 46.0 Å². The van der Waals surface area contributed by atoms with Crippen molar-refractivity contribution in [3.63, 3.8) is 0 Å². The number of carbonyl (C=O) groups is 2. The Bertz CT molecular complexity index is 332. The molecule has 1 aliphatic rings. The number of carbonyl (C=O) groups excluding carboxylic acids is 2. The lowest BCUT2D eigenvalue weighted by Crippen LogP contribution is -2.46. The molecule has 0 unspecified atom stereocenters. The summed E-state index contributed by atoms with van der Waals surface area (Å²) < 4.78 is 4.89. The minimum atomic E-state index is -1.10. The summed E-state index contributed by atoms with van der Waals surface area (Å²) in [6, 6.07) is 0. The molecule has 0 aliphatic heterocycles. The topological polar surface area (TPSA) is 43.4 Å². The molecule has 17 heavy (non-hydrogen) atoms. The molecule has 0 amide bonds. The van der Waals surface area contributed by atoms with E-state index in [0.717, 1.165) is 37.7 Å². The largest absolute Gasteiger partial charge is 0.468 e. The van der Waals surface area contributed by atoms with Crippen LogP contribution in [0.5, 0.6) is 0 Å². The summed E-state index contributed by atoms with van der Waals surface area (Å²) >= 11 is 0. The lowest BCUT2D eigenvalue weighted by atomic mass is 9.66. The zero-order valence-corrected chi connectivity index (χ0v) is 11.0. The van der Waals surface area contributed by atoms with E-state index >= 15 is 0 Å². The van der Waals surface area contributed by atoms with Crippen molar-refractivity contribution < 1.29 is 14.3 Å². The second-order valence-electron chi connectivity index (χ2n) is 4.81. The van der Waals surface area contributed by atoms with Crippen molar-refractivity contribution in [2.24, 2.45) is 11.3 Å². The third-order valence-electron chi connectivity index (χ3n) is 4.01. The lowest BCUT2D eigenvalue weighted by molar-refractivity contribution is -0.158. The molecule has 0 N–H and O–H groups in total. The van der Waals surface area contributed by atoms with Gasteiger partial charge in [0.1, 0.15) is 5.41 Å². The Hall–Kier alpha value is -1.12. The fraction of sp³-hybridized carbons (Fsp3) is 0.714.